The van der Waals surface area contributed by atoms with E-state index in [9.17, 15) is 14.7 Å². The van der Waals surface area contributed by atoms with Gasteiger partial charge in [0, 0.05) is 0 Å². The molecule has 1 unspecified atom stereocenters. The normalized spacial score (nSPS) is 16.9. The molecule has 26 heavy (non-hydrogen) atoms. The third-order valence-corrected chi connectivity index (χ3v) is 5.03. The number of hydrogen-bond acceptors (Lipinski definition) is 5. The summed E-state index contributed by atoms with van der Waals surface area (Å²) in [7, 11) is 1.52. The molecule has 1 saturated heterocycles. The van der Waals surface area contributed by atoms with Crippen LogP contribution in [0.25, 0.3) is 6.08 Å². The molecule has 0 saturated carbocycles. The van der Waals surface area contributed by atoms with Gasteiger partial charge in [0.15, 0.2) is 11.5 Å². The van der Waals surface area contributed by atoms with Crippen molar-refractivity contribution < 1.29 is 19.4 Å². The fourth-order valence-electron chi connectivity index (χ4n) is 2.75. The molecular weight excluding hydrogens is 350 g/mol. The lowest BCUT2D eigenvalue weighted by Gasteiger charge is -2.07. The molecule has 0 aromatic heterocycles. The number of ether oxygens (including phenoxy) is 1. The Kier molecular flexibility index (Phi) is 5.63. The summed E-state index contributed by atoms with van der Waals surface area (Å²) in [6.07, 6.45) is 5.27. The third-order valence-electron chi connectivity index (χ3n) is 4.05. The van der Waals surface area contributed by atoms with E-state index in [-0.39, 0.29) is 22.1 Å². The van der Waals surface area contributed by atoms with E-state index in [1.165, 1.54) is 7.11 Å². The number of imide groups is 1. The first-order chi connectivity index (χ1) is 12.5. The summed E-state index contributed by atoms with van der Waals surface area (Å²) in [6, 6.07) is 13.2. The van der Waals surface area contributed by atoms with Crippen LogP contribution >= 0.6 is 11.8 Å². The molecule has 0 bridgehead atoms. The van der Waals surface area contributed by atoms with E-state index < -0.39 is 0 Å². The molecule has 2 aromatic rings. The molecule has 1 aliphatic heterocycles. The molecular formula is C20H19NO4S. The lowest BCUT2D eigenvalue weighted by atomic mass is 10.0. The first-order valence-electron chi connectivity index (χ1n) is 8.18. The van der Waals surface area contributed by atoms with Gasteiger partial charge in [0.05, 0.1) is 12.4 Å². The summed E-state index contributed by atoms with van der Waals surface area (Å²) in [6.45, 7) is 0. The van der Waals surface area contributed by atoms with Gasteiger partial charge in [0.2, 0.25) is 5.91 Å². The van der Waals surface area contributed by atoms with Gasteiger partial charge in [-0.1, -0.05) is 54.2 Å². The Morgan fingerprint density at radius 2 is 2.00 bits per heavy atom. The van der Waals surface area contributed by atoms with Gasteiger partial charge in [-0.25, -0.2) is 0 Å². The highest BCUT2D eigenvalue weighted by molar-refractivity contribution is 8.15. The first-order valence-corrected chi connectivity index (χ1v) is 9.06. The predicted molar refractivity (Wildman–Crippen MR) is 102 cm³/mol. The number of hydrogen-bond donors (Lipinski definition) is 2. The molecule has 2 aromatic carbocycles. The maximum Gasteiger partial charge on any atom is 0.286 e. The van der Waals surface area contributed by atoms with E-state index in [4.69, 9.17) is 4.74 Å². The predicted octanol–water partition coefficient (Wildman–Crippen LogP) is 3.55. The van der Waals surface area contributed by atoms with Crippen molar-refractivity contribution in [3.8, 4) is 11.5 Å². The molecule has 0 radical (unpaired) electrons. The van der Waals surface area contributed by atoms with Gasteiger partial charge in [0.1, 0.15) is 0 Å². The van der Waals surface area contributed by atoms with Crippen molar-refractivity contribution in [2.75, 3.05) is 7.11 Å². The molecule has 2 amide bonds. The van der Waals surface area contributed by atoms with Gasteiger partial charge in [-0.3, -0.25) is 14.9 Å². The van der Waals surface area contributed by atoms with Crippen LogP contribution in [0.3, 0.4) is 0 Å². The maximum atomic E-state index is 11.7. The number of amides is 2. The van der Waals surface area contributed by atoms with Crippen LogP contribution in [0.4, 0.5) is 4.79 Å². The number of rotatable bonds is 6. The molecule has 134 valence electrons. The van der Waals surface area contributed by atoms with E-state index >= 15 is 0 Å². The number of nitrogens with one attached hydrogen (secondary N) is 1. The molecule has 0 spiro atoms. The molecule has 2 N–H and O–H groups in total. The lowest BCUT2D eigenvalue weighted by Crippen LogP contribution is -2.25. The zero-order valence-electron chi connectivity index (χ0n) is 14.3. The van der Waals surface area contributed by atoms with Gasteiger partial charge < -0.3 is 9.84 Å². The van der Waals surface area contributed by atoms with Crippen molar-refractivity contribution in [3.05, 3.63) is 65.2 Å². The summed E-state index contributed by atoms with van der Waals surface area (Å²) in [4.78, 5) is 22.9. The number of methoxy groups -OCH3 is 1. The van der Waals surface area contributed by atoms with Crippen molar-refractivity contribution >= 4 is 29.0 Å². The molecule has 5 nitrogen and oxygen atoms in total. The summed E-state index contributed by atoms with van der Waals surface area (Å²) >= 11 is 1.05. The summed E-state index contributed by atoms with van der Waals surface area (Å²) in [5.74, 6) is 0.340. The van der Waals surface area contributed by atoms with Crippen LogP contribution in [0.5, 0.6) is 11.5 Å². The molecule has 0 aliphatic carbocycles. The second-order valence-corrected chi connectivity index (χ2v) is 7.12. The summed E-state index contributed by atoms with van der Waals surface area (Å²) in [5, 5.41) is 11.3. The molecule has 6 heteroatoms. The monoisotopic (exact) mass is 369 g/mol. The van der Waals surface area contributed by atoms with Gasteiger partial charge in [0.25, 0.3) is 5.24 Å². The highest BCUT2D eigenvalue weighted by Crippen LogP contribution is 2.27. The van der Waals surface area contributed by atoms with Gasteiger partial charge in [-0.05, 0) is 41.7 Å². The van der Waals surface area contributed by atoms with Crippen LogP contribution in [0.1, 0.15) is 16.7 Å². The molecule has 1 atom stereocenters. The number of thioether (sulfide) groups is 1. The van der Waals surface area contributed by atoms with E-state index in [0.717, 1.165) is 34.9 Å². The fourth-order valence-corrected chi connectivity index (χ4v) is 3.61. The van der Waals surface area contributed by atoms with Crippen LogP contribution in [0.2, 0.25) is 0 Å². The number of carbonyl (C=O) groups is 2. The average Bonchev–Trinajstić information content (AvgIpc) is 2.94. The number of carbonyl (C=O) groups excluding carboxylic acids is 2. The zero-order valence-corrected chi connectivity index (χ0v) is 15.1. The minimum absolute atomic E-state index is 0.115. The zero-order chi connectivity index (χ0) is 18.5. The Balaban J connectivity index is 1.63. The fraction of sp³-hybridized carbons (Fsp3) is 0.200. The highest BCUT2D eigenvalue weighted by Gasteiger charge is 2.31. The largest absolute Gasteiger partial charge is 0.504 e. The minimum Gasteiger partial charge on any atom is -0.504 e. The third kappa shape index (κ3) is 4.46. The van der Waals surface area contributed by atoms with Gasteiger partial charge in [-0.15, -0.1) is 0 Å². The molecule has 1 aliphatic rings. The molecule has 1 heterocycles. The van der Waals surface area contributed by atoms with Crippen molar-refractivity contribution in [1.82, 2.24) is 5.32 Å². The van der Waals surface area contributed by atoms with Gasteiger partial charge >= 0.3 is 0 Å². The Morgan fingerprint density at radius 1 is 1.19 bits per heavy atom. The summed E-state index contributed by atoms with van der Waals surface area (Å²) < 4.78 is 5.10. The average molecular weight is 369 g/mol. The van der Waals surface area contributed by atoms with Crippen LogP contribution in [0.15, 0.2) is 48.5 Å². The van der Waals surface area contributed by atoms with Crippen molar-refractivity contribution in [2.24, 2.45) is 0 Å². The van der Waals surface area contributed by atoms with E-state index in [1.54, 1.807) is 12.1 Å². The summed E-state index contributed by atoms with van der Waals surface area (Å²) in [5.41, 5.74) is 3.09. The van der Waals surface area contributed by atoms with E-state index in [2.05, 4.69) is 11.4 Å². The van der Waals surface area contributed by atoms with Crippen molar-refractivity contribution in [3.63, 3.8) is 0 Å². The van der Waals surface area contributed by atoms with Crippen molar-refractivity contribution in [2.45, 2.75) is 18.1 Å². The van der Waals surface area contributed by atoms with Crippen LogP contribution in [0, 0.1) is 0 Å². The standard InChI is InChI=1S/C20H19NO4S/c1-25-17-11-14(8-9-16(17)22)6-2-4-13-5-3-7-15(10-13)12-18-19(23)21-20(24)26-18/h2-3,5-11,18,22H,4,12H2,1H3,(H,21,23,24). The second-order valence-electron chi connectivity index (χ2n) is 5.95. The van der Waals surface area contributed by atoms with E-state index in [0.29, 0.717) is 12.2 Å². The second kappa shape index (κ2) is 8.10. The lowest BCUT2D eigenvalue weighted by molar-refractivity contribution is -0.118. The Labute approximate surface area is 156 Å². The van der Waals surface area contributed by atoms with Crippen LogP contribution in [-0.4, -0.2) is 28.6 Å². The highest BCUT2D eigenvalue weighted by atomic mass is 32.2. The Morgan fingerprint density at radius 3 is 2.73 bits per heavy atom. The smallest absolute Gasteiger partial charge is 0.286 e. The maximum absolute atomic E-state index is 11.7. The number of phenols is 1. The Hall–Kier alpha value is -2.73. The number of phenolic OH excluding ortho intramolecular Hbond substituents is 1. The van der Waals surface area contributed by atoms with Crippen LogP contribution < -0.4 is 10.1 Å². The Bertz CT molecular complexity index is 863. The first kappa shape index (κ1) is 18.1. The molecule has 1 fully saturated rings. The van der Waals surface area contributed by atoms with E-state index in [1.807, 2.05) is 36.4 Å². The topological polar surface area (TPSA) is 75.6 Å². The van der Waals surface area contributed by atoms with Crippen molar-refractivity contribution in [1.29, 1.82) is 0 Å². The van der Waals surface area contributed by atoms with Gasteiger partial charge in [-0.2, -0.15) is 0 Å². The van der Waals surface area contributed by atoms with Crippen LogP contribution in [-0.2, 0) is 17.6 Å². The SMILES string of the molecule is COc1cc(C=CCc2cccc(CC3SC(=O)NC3=O)c2)ccc1O. The quantitative estimate of drug-likeness (QED) is 0.814. The number of benzene rings is 2. The number of allylic oxidation sites excluding steroid dienone is 1. The minimum atomic E-state index is -0.349. The number of aromatic hydroxyl groups is 1. The molecule has 3 rings (SSSR count).